The number of carbonyl (C=O) groups excluding carboxylic acids is 2. The van der Waals surface area contributed by atoms with Crippen LogP contribution in [0, 0.1) is 6.92 Å². The minimum Gasteiger partial charge on any atom is -0.444 e. The normalized spacial score (nSPS) is 18.3. The van der Waals surface area contributed by atoms with E-state index in [0.29, 0.717) is 13.1 Å². The summed E-state index contributed by atoms with van der Waals surface area (Å²) in [4.78, 5) is 47.1. The minimum atomic E-state index is -0.548. The van der Waals surface area contributed by atoms with Gasteiger partial charge < -0.3 is 19.4 Å². The molecule has 2 amide bonds. The van der Waals surface area contributed by atoms with Gasteiger partial charge in [-0.05, 0) is 96.9 Å². The van der Waals surface area contributed by atoms with E-state index in [4.69, 9.17) is 14.5 Å². The number of amides is 2. The predicted molar refractivity (Wildman–Crippen MR) is 197 cm³/mol. The predicted octanol–water partition coefficient (Wildman–Crippen LogP) is 9.80. The average molecular weight is 695 g/mol. The standard InChI is InChI=1S/C39H46N6O4S/c1-23-20-28-26(16-17-27(33(28)50-23)30-22-41-35(43-30)32-11-9-19-45(32)37(47)49-39(5,6)7)24-12-14-25(15-13-24)29-21-40-34(42-29)31-10-8-18-44(31)36(46)48-38(2,3)4/h12-17,20-22,31-32H,8-11,18-19H2,1-7H3,(H,40,42)(H,41,43)/t31-,32-/m0/s1. The van der Waals surface area contributed by atoms with E-state index in [1.807, 2.05) is 53.9 Å². The zero-order valence-corrected chi connectivity index (χ0v) is 30.7. The van der Waals surface area contributed by atoms with Gasteiger partial charge in [0.05, 0.1) is 35.9 Å². The molecule has 2 atom stereocenters. The molecule has 10 nitrogen and oxygen atoms in total. The SMILES string of the molecule is Cc1cc2c(-c3ccc(-c4cnc([C@@H]5CCCN5C(=O)OC(C)(C)C)[nH]4)cc3)ccc(-c3cnc([C@@H]4CCCN4C(=O)OC(C)(C)C)[nH]3)c2s1. The minimum absolute atomic E-state index is 0.125. The second kappa shape index (κ2) is 12.9. The number of thiophene rings is 1. The molecule has 2 N–H and O–H groups in total. The highest BCUT2D eigenvalue weighted by molar-refractivity contribution is 7.19. The fourth-order valence-electron chi connectivity index (χ4n) is 7.02. The van der Waals surface area contributed by atoms with Gasteiger partial charge in [-0.3, -0.25) is 9.80 Å². The van der Waals surface area contributed by atoms with Crippen LogP contribution < -0.4 is 0 Å². The van der Waals surface area contributed by atoms with Crippen LogP contribution >= 0.6 is 11.3 Å². The fourth-order valence-corrected chi connectivity index (χ4v) is 8.08. The molecule has 11 heteroatoms. The van der Waals surface area contributed by atoms with Crippen molar-refractivity contribution in [3.8, 4) is 33.6 Å². The summed E-state index contributed by atoms with van der Waals surface area (Å²) in [5.41, 5.74) is 5.17. The number of hydrogen-bond acceptors (Lipinski definition) is 7. The molecule has 0 spiro atoms. The van der Waals surface area contributed by atoms with E-state index in [2.05, 4.69) is 64.3 Å². The van der Waals surface area contributed by atoms with Crippen molar-refractivity contribution in [3.63, 3.8) is 0 Å². The van der Waals surface area contributed by atoms with Gasteiger partial charge in [-0.1, -0.05) is 36.4 Å². The number of aromatic amines is 2. The Hall–Kier alpha value is -4.64. The summed E-state index contributed by atoms with van der Waals surface area (Å²) in [6, 6.07) is 14.9. The molecule has 5 aromatic rings. The summed E-state index contributed by atoms with van der Waals surface area (Å²) in [6.45, 7) is 14.8. The summed E-state index contributed by atoms with van der Waals surface area (Å²) in [7, 11) is 0. The van der Waals surface area contributed by atoms with Gasteiger partial charge in [-0.15, -0.1) is 11.3 Å². The molecule has 7 rings (SSSR count). The Morgan fingerprint density at radius 3 is 1.80 bits per heavy atom. The third-order valence-electron chi connectivity index (χ3n) is 9.19. The van der Waals surface area contributed by atoms with E-state index in [0.717, 1.165) is 71.0 Å². The molecule has 5 heterocycles. The maximum atomic E-state index is 12.9. The number of hydrogen-bond donors (Lipinski definition) is 2. The van der Waals surface area contributed by atoms with Crippen molar-refractivity contribution in [2.75, 3.05) is 13.1 Å². The number of imidazole rings is 2. The summed E-state index contributed by atoms with van der Waals surface area (Å²) < 4.78 is 12.5. The van der Waals surface area contributed by atoms with Gasteiger partial charge in [-0.2, -0.15) is 0 Å². The largest absolute Gasteiger partial charge is 0.444 e. The quantitative estimate of drug-likeness (QED) is 0.189. The first-order valence-electron chi connectivity index (χ1n) is 17.5. The van der Waals surface area contributed by atoms with Gasteiger partial charge in [0, 0.05) is 33.6 Å². The number of nitrogens with zero attached hydrogens (tertiary/aromatic N) is 4. The Balaban J connectivity index is 1.11. The molecular formula is C39H46N6O4S. The van der Waals surface area contributed by atoms with E-state index in [1.165, 1.54) is 15.0 Å². The van der Waals surface area contributed by atoms with Gasteiger partial charge in [-0.25, -0.2) is 19.6 Å². The Labute approximate surface area is 297 Å². The van der Waals surface area contributed by atoms with Gasteiger partial charge in [0.1, 0.15) is 22.9 Å². The molecule has 3 aromatic heterocycles. The Morgan fingerprint density at radius 1 is 0.740 bits per heavy atom. The number of carbonyl (C=O) groups is 2. The topological polar surface area (TPSA) is 116 Å². The van der Waals surface area contributed by atoms with Crippen LogP contribution in [0.3, 0.4) is 0 Å². The van der Waals surface area contributed by atoms with Crippen LogP contribution in [0.1, 0.15) is 95.8 Å². The van der Waals surface area contributed by atoms with E-state index in [1.54, 1.807) is 21.1 Å². The van der Waals surface area contributed by atoms with Crippen LogP contribution in [0.2, 0.25) is 0 Å². The van der Waals surface area contributed by atoms with Crippen LogP contribution in [-0.2, 0) is 9.47 Å². The number of benzene rings is 2. The first-order chi connectivity index (χ1) is 23.7. The number of fused-ring (bicyclic) bond motifs is 1. The summed E-state index contributed by atoms with van der Waals surface area (Å²) in [6.07, 6.45) is 6.67. The van der Waals surface area contributed by atoms with E-state index in [9.17, 15) is 9.59 Å². The Kier molecular flexibility index (Phi) is 8.74. The van der Waals surface area contributed by atoms with E-state index < -0.39 is 11.2 Å². The third-order valence-corrected chi connectivity index (χ3v) is 10.3. The lowest BCUT2D eigenvalue weighted by atomic mass is 9.97. The van der Waals surface area contributed by atoms with Crippen molar-refractivity contribution in [1.29, 1.82) is 0 Å². The van der Waals surface area contributed by atoms with Crippen molar-refractivity contribution in [2.24, 2.45) is 0 Å². The molecule has 262 valence electrons. The van der Waals surface area contributed by atoms with Crippen LogP contribution in [0.4, 0.5) is 9.59 Å². The van der Waals surface area contributed by atoms with Gasteiger partial charge in [0.2, 0.25) is 0 Å². The molecule has 0 aliphatic carbocycles. The molecule has 2 aliphatic heterocycles. The molecule has 0 bridgehead atoms. The monoisotopic (exact) mass is 694 g/mol. The number of aromatic nitrogens is 4. The zero-order chi connectivity index (χ0) is 35.4. The molecular weight excluding hydrogens is 649 g/mol. The lowest BCUT2D eigenvalue weighted by molar-refractivity contribution is 0.0208. The number of likely N-dealkylation sites (tertiary alicyclic amines) is 2. The highest BCUT2D eigenvalue weighted by atomic mass is 32.1. The number of nitrogens with one attached hydrogen (secondary N) is 2. The third kappa shape index (κ3) is 6.88. The number of aryl methyl sites for hydroxylation is 1. The molecule has 2 aromatic carbocycles. The van der Waals surface area contributed by atoms with Crippen LogP contribution in [-0.4, -0.2) is 66.2 Å². The summed E-state index contributed by atoms with van der Waals surface area (Å²) in [5, 5.41) is 1.19. The first kappa shape index (κ1) is 33.8. The first-order valence-corrected chi connectivity index (χ1v) is 18.3. The molecule has 50 heavy (non-hydrogen) atoms. The molecule has 2 aliphatic rings. The number of ether oxygens (including phenoxy) is 2. The fraction of sp³-hybridized carbons (Fsp3) is 0.436. The molecule has 2 fully saturated rings. The lowest BCUT2D eigenvalue weighted by Gasteiger charge is -2.27. The maximum Gasteiger partial charge on any atom is 0.410 e. The van der Waals surface area contributed by atoms with Crippen LogP contribution in [0.25, 0.3) is 43.7 Å². The number of rotatable bonds is 5. The maximum absolute atomic E-state index is 12.9. The highest BCUT2D eigenvalue weighted by Gasteiger charge is 2.36. The molecule has 0 radical (unpaired) electrons. The van der Waals surface area contributed by atoms with Gasteiger partial charge in [0.15, 0.2) is 0 Å². The van der Waals surface area contributed by atoms with Crippen LogP contribution in [0.5, 0.6) is 0 Å². The summed E-state index contributed by atoms with van der Waals surface area (Å²) in [5.74, 6) is 1.57. The summed E-state index contributed by atoms with van der Waals surface area (Å²) >= 11 is 1.77. The van der Waals surface area contributed by atoms with Crippen molar-refractivity contribution < 1.29 is 19.1 Å². The lowest BCUT2D eigenvalue weighted by Crippen LogP contribution is -2.36. The van der Waals surface area contributed by atoms with Crippen molar-refractivity contribution >= 4 is 33.6 Å². The van der Waals surface area contributed by atoms with Crippen LogP contribution in [0.15, 0.2) is 54.9 Å². The van der Waals surface area contributed by atoms with Crippen molar-refractivity contribution in [1.82, 2.24) is 29.7 Å². The van der Waals surface area contributed by atoms with Crippen molar-refractivity contribution in [3.05, 3.63) is 71.4 Å². The average Bonchev–Trinajstić information content (AvgIpc) is 3.87. The number of H-pyrrole nitrogens is 2. The Morgan fingerprint density at radius 2 is 1.24 bits per heavy atom. The second-order valence-electron chi connectivity index (χ2n) is 15.4. The molecule has 0 unspecified atom stereocenters. The van der Waals surface area contributed by atoms with E-state index >= 15 is 0 Å². The van der Waals surface area contributed by atoms with Gasteiger partial charge >= 0.3 is 12.2 Å². The smallest absolute Gasteiger partial charge is 0.410 e. The van der Waals surface area contributed by atoms with Crippen molar-refractivity contribution in [2.45, 2.75) is 97.4 Å². The van der Waals surface area contributed by atoms with Gasteiger partial charge in [0.25, 0.3) is 0 Å². The second-order valence-corrected chi connectivity index (χ2v) is 16.6. The van der Waals surface area contributed by atoms with E-state index in [-0.39, 0.29) is 24.3 Å². The molecule has 2 saturated heterocycles. The zero-order valence-electron chi connectivity index (χ0n) is 29.9. The Bertz CT molecular complexity index is 2030. The molecule has 0 saturated carbocycles. The highest BCUT2D eigenvalue weighted by Crippen LogP contribution is 2.41.